The van der Waals surface area contributed by atoms with Crippen molar-refractivity contribution in [2.75, 3.05) is 0 Å². The number of benzene rings is 5. The predicted molar refractivity (Wildman–Crippen MR) is 130 cm³/mol. The zero-order valence-corrected chi connectivity index (χ0v) is 17.4. The molecule has 0 aliphatic heterocycles. The Labute approximate surface area is 178 Å². The summed E-state index contributed by atoms with van der Waals surface area (Å²) < 4.78 is 0. The minimum atomic E-state index is 1.25. The molecule has 0 saturated heterocycles. The van der Waals surface area contributed by atoms with Crippen molar-refractivity contribution in [1.29, 1.82) is 0 Å². The molecule has 0 nitrogen and oxygen atoms in total. The van der Waals surface area contributed by atoms with Crippen LogP contribution in [0.1, 0.15) is 11.1 Å². The minimum Gasteiger partial charge on any atom is -0.0622 e. The maximum Gasteiger partial charge on any atom is -0.00992 e. The maximum absolute atomic E-state index is 2.26. The Kier molecular flexibility index (Phi) is 4.69. The third-order valence-corrected chi connectivity index (χ3v) is 5.76. The molecule has 0 spiro atoms. The van der Waals surface area contributed by atoms with Crippen molar-refractivity contribution in [2.45, 2.75) is 13.8 Å². The summed E-state index contributed by atoms with van der Waals surface area (Å²) in [6, 6.07) is 39.6. The molecule has 0 aromatic heterocycles. The fraction of sp³-hybridized carbons (Fsp3) is 0.0667. The first-order valence-electron chi connectivity index (χ1n) is 10.5. The summed E-state index contributed by atoms with van der Waals surface area (Å²) >= 11 is 0. The van der Waals surface area contributed by atoms with Gasteiger partial charge in [0.2, 0.25) is 0 Å². The van der Waals surface area contributed by atoms with Crippen LogP contribution < -0.4 is 0 Å². The van der Waals surface area contributed by atoms with Crippen molar-refractivity contribution in [3.8, 4) is 33.4 Å². The van der Waals surface area contributed by atoms with E-state index < -0.39 is 0 Å². The second-order valence-electron chi connectivity index (χ2n) is 8.03. The van der Waals surface area contributed by atoms with Gasteiger partial charge < -0.3 is 0 Å². The van der Waals surface area contributed by atoms with Crippen LogP contribution in [0.2, 0.25) is 0 Å². The zero-order valence-electron chi connectivity index (χ0n) is 17.4. The molecule has 30 heavy (non-hydrogen) atoms. The van der Waals surface area contributed by atoms with Crippen molar-refractivity contribution in [3.63, 3.8) is 0 Å². The number of aryl methyl sites for hydroxylation is 2. The number of fused-ring (bicyclic) bond motifs is 1. The van der Waals surface area contributed by atoms with Crippen molar-refractivity contribution in [1.82, 2.24) is 0 Å². The summed E-state index contributed by atoms with van der Waals surface area (Å²) in [4.78, 5) is 0. The highest BCUT2D eigenvalue weighted by Crippen LogP contribution is 2.36. The quantitative estimate of drug-likeness (QED) is 0.293. The summed E-state index contributed by atoms with van der Waals surface area (Å²) in [5, 5.41) is 2.58. The smallest absolute Gasteiger partial charge is 0.00992 e. The van der Waals surface area contributed by atoms with E-state index in [0.29, 0.717) is 0 Å². The average molecular weight is 385 g/mol. The highest BCUT2D eigenvalue weighted by atomic mass is 14.1. The van der Waals surface area contributed by atoms with Gasteiger partial charge in [-0.2, -0.15) is 0 Å². The number of hydrogen-bond donors (Lipinski definition) is 0. The van der Waals surface area contributed by atoms with Crippen LogP contribution in [0.4, 0.5) is 0 Å². The molecule has 0 atom stereocenters. The fourth-order valence-corrected chi connectivity index (χ4v) is 4.40. The molecule has 0 bridgehead atoms. The van der Waals surface area contributed by atoms with E-state index in [2.05, 4.69) is 123 Å². The largest absolute Gasteiger partial charge is 0.0622 e. The van der Waals surface area contributed by atoms with E-state index in [1.165, 1.54) is 55.3 Å². The Balaban J connectivity index is 1.60. The van der Waals surface area contributed by atoms with Crippen LogP contribution in [0.3, 0.4) is 0 Å². The van der Waals surface area contributed by atoms with Gasteiger partial charge in [-0.05, 0) is 58.0 Å². The second-order valence-corrected chi connectivity index (χ2v) is 8.03. The summed E-state index contributed by atoms with van der Waals surface area (Å²) in [5.41, 5.74) is 10.2. The Hall–Kier alpha value is -3.64. The molecule has 0 aliphatic rings. The van der Waals surface area contributed by atoms with Crippen LogP contribution in [0.15, 0.2) is 109 Å². The van der Waals surface area contributed by atoms with Crippen molar-refractivity contribution < 1.29 is 0 Å². The van der Waals surface area contributed by atoms with E-state index in [0.717, 1.165) is 0 Å². The van der Waals surface area contributed by atoms with Gasteiger partial charge in [0.05, 0.1) is 0 Å². The van der Waals surface area contributed by atoms with Crippen LogP contribution >= 0.6 is 0 Å². The van der Waals surface area contributed by atoms with Gasteiger partial charge in [0.25, 0.3) is 0 Å². The Morgan fingerprint density at radius 2 is 0.833 bits per heavy atom. The first-order valence-corrected chi connectivity index (χ1v) is 10.5. The normalized spacial score (nSPS) is 11.0. The predicted octanol–water partition coefficient (Wildman–Crippen LogP) is 8.46. The molecule has 144 valence electrons. The maximum atomic E-state index is 2.26. The summed E-state index contributed by atoms with van der Waals surface area (Å²) in [6.45, 7) is 4.32. The molecule has 0 radical (unpaired) electrons. The zero-order chi connectivity index (χ0) is 20.5. The van der Waals surface area contributed by atoms with Gasteiger partial charge in [-0.15, -0.1) is 0 Å². The van der Waals surface area contributed by atoms with Crippen LogP contribution in [-0.2, 0) is 0 Å². The van der Waals surface area contributed by atoms with E-state index in [9.17, 15) is 0 Å². The molecular weight excluding hydrogens is 360 g/mol. The second kappa shape index (κ2) is 7.65. The van der Waals surface area contributed by atoms with E-state index >= 15 is 0 Å². The molecule has 0 fully saturated rings. The van der Waals surface area contributed by atoms with Crippen LogP contribution in [0.25, 0.3) is 44.2 Å². The molecule has 0 saturated carbocycles. The summed E-state index contributed by atoms with van der Waals surface area (Å²) in [5.74, 6) is 0. The number of hydrogen-bond acceptors (Lipinski definition) is 0. The molecule has 0 N–H and O–H groups in total. The van der Waals surface area contributed by atoms with Crippen LogP contribution in [-0.4, -0.2) is 0 Å². The van der Waals surface area contributed by atoms with Gasteiger partial charge >= 0.3 is 0 Å². The third kappa shape index (κ3) is 3.42. The third-order valence-electron chi connectivity index (χ3n) is 5.76. The molecule has 0 amide bonds. The molecule has 5 aromatic carbocycles. The molecule has 0 aliphatic carbocycles. The highest BCUT2D eigenvalue weighted by molar-refractivity contribution is 6.05. The first-order chi connectivity index (χ1) is 14.7. The van der Waals surface area contributed by atoms with Crippen molar-refractivity contribution in [3.05, 3.63) is 120 Å². The van der Waals surface area contributed by atoms with Crippen LogP contribution in [0, 0.1) is 13.8 Å². The SMILES string of the molecule is Cc1cc(C)cc(-c2ccc(-c3ccc(-c4ccccc4)c4ccccc34)cc2)c1. The van der Waals surface area contributed by atoms with Gasteiger partial charge in [0, 0.05) is 0 Å². The molecule has 5 aromatic rings. The average Bonchev–Trinajstić information content (AvgIpc) is 2.78. The van der Waals surface area contributed by atoms with E-state index in [1.54, 1.807) is 0 Å². The van der Waals surface area contributed by atoms with E-state index in [-0.39, 0.29) is 0 Å². The van der Waals surface area contributed by atoms with E-state index in [4.69, 9.17) is 0 Å². The molecule has 0 unspecified atom stereocenters. The lowest BCUT2D eigenvalue weighted by Crippen LogP contribution is -1.87. The minimum absolute atomic E-state index is 1.25. The van der Waals surface area contributed by atoms with Gasteiger partial charge in [0.15, 0.2) is 0 Å². The fourth-order valence-electron chi connectivity index (χ4n) is 4.40. The standard InChI is InChI=1S/C30H24/c1-21-18-22(2)20-26(19-21)23-12-14-25(15-13-23)28-17-16-27(24-8-4-3-5-9-24)29-10-6-7-11-30(28)29/h3-20H,1-2H3. The lowest BCUT2D eigenvalue weighted by atomic mass is 9.91. The Bertz CT molecular complexity index is 1310. The van der Waals surface area contributed by atoms with Crippen LogP contribution in [0.5, 0.6) is 0 Å². The van der Waals surface area contributed by atoms with Gasteiger partial charge in [-0.25, -0.2) is 0 Å². The van der Waals surface area contributed by atoms with Gasteiger partial charge in [0.1, 0.15) is 0 Å². The molecule has 0 heterocycles. The monoisotopic (exact) mass is 384 g/mol. The van der Waals surface area contributed by atoms with Gasteiger partial charge in [-0.3, -0.25) is 0 Å². The van der Waals surface area contributed by atoms with E-state index in [1.807, 2.05) is 0 Å². The highest BCUT2D eigenvalue weighted by Gasteiger charge is 2.09. The van der Waals surface area contributed by atoms with Crippen molar-refractivity contribution in [2.24, 2.45) is 0 Å². The summed E-state index contributed by atoms with van der Waals surface area (Å²) in [7, 11) is 0. The van der Waals surface area contributed by atoms with Gasteiger partial charge in [-0.1, -0.05) is 120 Å². The number of rotatable bonds is 3. The molecule has 0 heteroatoms. The Morgan fingerprint density at radius 3 is 1.40 bits per heavy atom. The topological polar surface area (TPSA) is 0 Å². The lowest BCUT2D eigenvalue weighted by molar-refractivity contribution is 1.38. The first kappa shape index (κ1) is 18.4. The molecular formula is C30H24. The lowest BCUT2D eigenvalue weighted by Gasteiger charge is -2.13. The van der Waals surface area contributed by atoms with Crippen molar-refractivity contribution >= 4 is 10.8 Å². The summed E-state index contributed by atoms with van der Waals surface area (Å²) in [6.07, 6.45) is 0. The Morgan fingerprint density at radius 1 is 0.367 bits per heavy atom. The molecule has 5 rings (SSSR count).